The first kappa shape index (κ1) is 24.1. The average molecular weight is 521 g/mol. The Hall–Kier alpha value is -3.62. The molecule has 0 fully saturated rings. The molecule has 1 aromatic heterocycles. The van der Waals surface area contributed by atoms with E-state index in [2.05, 4.69) is 15.4 Å². The second-order valence-corrected chi connectivity index (χ2v) is 9.58. The molecule has 5 rings (SSSR count). The zero-order valence-electron chi connectivity index (χ0n) is 19.3. The summed E-state index contributed by atoms with van der Waals surface area (Å²) in [6.45, 7) is 1.90. The lowest BCUT2D eigenvalue weighted by atomic mass is 9.96. The van der Waals surface area contributed by atoms with Crippen LogP contribution in [0, 0.1) is 5.82 Å². The number of nitrogens with one attached hydrogen (secondary N) is 1. The van der Waals surface area contributed by atoms with E-state index in [0.29, 0.717) is 38.7 Å². The SMILES string of the molecule is CC1=C(C(=O)OCc2ccccc2)C(c2cccc(F)c2)n2nc(SCc3ccccc3Cl)nc2N1. The maximum Gasteiger partial charge on any atom is 0.338 e. The second-order valence-electron chi connectivity index (χ2n) is 8.23. The molecular weight excluding hydrogens is 499 g/mol. The number of nitrogens with zero attached hydrogens (tertiary/aromatic N) is 3. The number of carbonyl (C=O) groups excluding carboxylic acids is 1. The number of carbonyl (C=O) groups is 1. The number of aromatic nitrogens is 3. The predicted molar refractivity (Wildman–Crippen MR) is 138 cm³/mol. The lowest BCUT2D eigenvalue weighted by Crippen LogP contribution is -2.29. The summed E-state index contributed by atoms with van der Waals surface area (Å²) in [5, 5.41) is 9.01. The molecule has 0 saturated heterocycles. The fourth-order valence-corrected chi connectivity index (χ4v) is 5.12. The van der Waals surface area contributed by atoms with E-state index in [4.69, 9.17) is 16.3 Å². The average Bonchev–Trinajstić information content (AvgIpc) is 3.29. The molecule has 0 spiro atoms. The molecule has 182 valence electrons. The second kappa shape index (κ2) is 10.6. The molecule has 1 aliphatic rings. The van der Waals surface area contributed by atoms with Crippen LogP contribution in [-0.4, -0.2) is 20.7 Å². The summed E-state index contributed by atoms with van der Waals surface area (Å²) < 4.78 is 21.5. The van der Waals surface area contributed by atoms with Crippen molar-refractivity contribution in [2.24, 2.45) is 0 Å². The molecule has 0 saturated carbocycles. The molecular formula is C27H22ClFN4O2S. The quantitative estimate of drug-likeness (QED) is 0.225. The molecule has 9 heteroatoms. The molecule has 2 heterocycles. The van der Waals surface area contributed by atoms with Gasteiger partial charge in [-0.05, 0) is 41.8 Å². The Bertz CT molecular complexity index is 1440. The smallest absolute Gasteiger partial charge is 0.338 e. The lowest BCUT2D eigenvalue weighted by Gasteiger charge is -2.28. The number of hydrogen-bond acceptors (Lipinski definition) is 6. The highest BCUT2D eigenvalue weighted by Gasteiger charge is 2.35. The summed E-state index contributed by atoms with van der Waals surface area (Å²) in [7, 11) is 0. The summed E-state index contributed by atoms with van der Waals surface area (Å²) in [6.07, 6.45) is 0. The van der Waals surface area contributed by atoms with Crippen LogP contribution in [0.15, 0.2) is 95.3 Å². The summed E-state index contributed by atoms with van der Waals surface area (Å²) in [6, 6.07) is 22.5. The lowest BCUT2D eigenvalue weighted by molar-refractivity contribution is -0.140. The minimum absolute atomic E-state index is 0.121. The van der Waals surface area contributed by atoms with Crippen LogP contribution in [-0.2, 0) is 21.9 Å². The molecule has 1 atom stereocenters. The Morgan fingerprint density at radius 1 is 1.11 bits per heavy atom. The van der Waals surface area contributed by atoms with Crippen molar-refractivity contribution in [1.29, 1.82) is 0 Å². The van der Waals surface area contributed by atoms with Gasteiger partial charge < -0.3 is 10.1 Å². The van der Waals surface area contributed by atoms with E-state index in [1.54, 1.807) is 23.7 Å². The zero-order valence-corrected chi connectivity index (χ0v) is 20.9. The van der Waals surface area contributed by atoms with E-state index >= 15 is 0 Å². The minimum atomic E-state index is -0.706. The third kappa shape index (κ3) is 5.15. The maximum absolute atomic E-state index is 14.2. The normalized spacial score (nSPS) is 14.8. The van der Waals surface area contributed by atoms with Gasteiger partial charge in [-0.1, -0.05) is 84.0 Å². The van der Waals surface area contributed by atoms with Crippen LogP contribution in [0.25, 0.3) is 0 Å². The van der Waals surface area contributed by atoms with Gasteiger partial charge >= 0.3 is 5.97 Å². The summed E-state index contributed by atoms with van der Waals surface area (Å²) >= 11 is 7.72. The van der Waals surface area contributed by atoms with Gasteiger partial charge in [0.1, 0.15) is 18.5 Å². The van der Waals surface area contributed by atoms with E-state index < -0.39 is 17.8 Å². The maximum atomic E-state index is 14.2. The highest BCUT2D eigenvalue weighted by atomic mass is 35.5. The number of thioether (sulfide) groups is 1. The molecule has 1 N–H and O–H groups in total. The molecule has 0 bridgehead atoms. The largest absolute Gasteiger partial charge is 0.457 e. The van der Waals surface area contributed by atoms with Crippen molar-refractivity contribution in [1.82, 2.24) is 14.8 Å². The van der Waals surface area contributed by atoms with Gasteiger partial charge in [0, 0.05) is 16.5 Å². The van der Waals surface area contributed by atoms with E-state index in [9.17, 15) is 9.18 Å². The van der Waals surface area contributed by atoms with Crippen molar-refractivity contribution < 1.29 is 13.9 Å². The molecule has 0 radical (unpaired) electrons. The number of hydrogen-bond donors (Lipinski definition) is 1. The van der Waals surface area contributed by atoms with Gasteiger partial charge in [-0.2, -0.15) is 4.98 Å². The molecule has 3 aromatic carbocycles. The molecule has 1 unspecified atom stereocenters. The molecule has 36 heavy (non-hydrogen) atoms. The standard InChI is InChI=1S/C27H22ClFN4O2S/c1-17-23(25(34)35-15-18-8-3-2-4-9-18)24(19-11-7-12-21(29)14-19)33-26(30-17)31-27(32-33)36-16-20-10-5-6-13-22(20)28/h2-14,24H,15-16H2,1H3,(H,30,31,32). The number of esters is 1. The van der Waals surface area contributed by atoms with Gasteiger partial charge in [0.2, 0.25) is 11.1 Å². The van der Waals surface area contributed by atoms with Crippen molar-refractivity contribution in [3.05, 3.63) is 118 Å². The van der Waals surface area contributed by atoms with E-state index in [0.717, 1.165) is 11.1 Å². The number of allylic oxidation sites excluding steroid dienone is 1. The van der Waals surface area contributed by atoms with Crippen LogP contribution in [0.2, 0.25) is 5.02 Å². The van der Waals surface area contributed by atoms with Crippen LogP contribution in [0.3, 0.4) is 0 Å². The Kier molecular flexibility index (Phi) is 7.06. The Morgan fingerprint density at radius 3 is 2.67 bits per heavy atom. The predicted octanol–water partition coefficient (Wildman–Crippen LogP) is 6.40. The monoisotopic (exact) mass is 520 g/mol. The summed E-state index contributed by atoms with van der Waals surface area (Å²) in [5.74, 6) is 0.120. The fraction of sp³-hybridized carbons (Fsp3) is 0.148. The first-order valence-electron chi connectivity index (χ1n) is 11.3. The van der Waals surface area contributed by atoms with Crippen LogP contribution in [0.4, 0.5) is 10.3 Å². The highest BCUT2D eigenvalue weighted by molar-refractivity contribution is 7.98. The molecule has 6 nitrogen and oxygen atoms in total. The number of halogens is 2. The Labute approximate surface area is 217 Å². The first-order valence-corrected chi connectivity index (χ1v) is 12.6. The third-order valence-electron chi connectivity index (χ3n) is 5.74. The Morgan fingerprint density at radius 2 is 1.89 bits per heavy atom. The summed E-state index contributed by atoms with van der Waals surface area (Å²) in [4.78, 5) is 17.9. The van der Waals surface area contributed by atoms with Gasteiger partial charge in [-0.15, -0.1) is 5.10 Å². The van der Waals surface area contributed by atoms with Crippen molar-refractivity contribution in [3.63, 3.8) is 0 Å². The van der Waals surface area contributed by atoms with E-state index in [-0.39, 0.29) is 6.61 Å². The van der Waals surface area contributed by atoms with Crippen LogP contribution < -0.4 is 5.32 Å². The van der Waals surface area contributed by atoms with E-state index in [1.165, 1.54) is 23.9 Å². The Balaban J connectivity index is 1.46. The van der Waals surface area contributed by atoms with Crippen LogP contribution in [0.5, 0.6) is 0 Å². The third-order valence-corrected chi connectivity index (χ3v) is 7.00. The van der Waals surface area contributed by atoms with Gasteiger partial charge in [0.05, 0.1) is 5.57 Å². The topological polar surface area (TPSA) is 69.0 Å². The number of anilines is 1. The van der Waals surface area contributed by atoms with Crippen molar-refractivity contribution in [2.75, 3.05) is 5.32 Å². The zero-order chi connectivity index (χ0) is 25.1. The molecule has 0 aliphatic carbocycles. The molecule has 0 amide bonds. The van der Waals surface area contributed by atoms with Gasteiger partial charge in [0.25, 0.3) is 0 Å². The first-order chi connectivity index (χ1) is 17.5. The van der Waals surface area contributed by atoms with Crippen LogP contribution >= 0.6 is 23.4 Å². The van der Waals surface area contributed by atoms with Gasteiger partial charge in [-0.25, -0.2) is 13.9 Å². The highest BCUT2D eigenvalue weighted by Crippen LogP contribution is 2.37. The van der Waals surface area contributed by atoms with Crippen molar-refractivity contribution in [2.45, 2.75) is 30.5 Å². The molecule has 4 aromatic rings. The van der Waals surface area contributed by atoms with Crippen molar-refractivity contribution in [3.8, 4) is 0 Å². The summed E-state index contributed by atoms with van der Waals surface area (Å²) in [5.41, 5.74) is 3.32. The number of rotatable bonds is 7. The number of benzene rings is 3. The van der Waals surface area contributed by atoms with Crippen molar-refractivity contribution >= 4 is 35.3 Å². The van der Waals surface area contributed by atoms with Gasteiger partial charge in [-0.3, -0.25) is 0 Å². The molecule has 1 aliphatic heterocycles. The minimum Gasteiger partial charge on any atom is -0.457 e. The van der Waals surface area contributed by atoms with Crippen LogP contribution in [0.1, 0.15) is 29.7 Å². The fourth-order valence-electron chi connectivity index (χ4n) is 4.00. The van der Waals surface area contributed by atoms with Gasteiger partial charge in [0.15, 0.2) is 0 Å². The number of fused-ring (bicyclic) bond motifs is 1. The number of ether oxygens (including phenoxy) is 1. The van der Waals surface area contributed by atoms with E-state index in [1.807, 2.05) is 54.6 Å².